The fourth-order valence-corrected chi connectivity index (χ4v) is 4.30. The van der Waals surface area contributed by atoms with E-state index in [1.54, 1.807) is 18.6 Å². The number of piperidine rings is 1. The number of aromatic amines is 1. The number of aromatic nitrogens is 4. The third-order valence-corrected chi connectivity index (χ3v) is 5.90. The molecule has 1 N–H and O–H groups in total. The van der Waals surface area contributed by atoms with Crippen molar-refractivity contribution in [2.45, 2.75) is 18.9 Å². The Labute approximate surface area is 168 Å². The number of fused-ring (bicyclic) bond motifs is 3. The highest BCUT2D eigenvalue weighted by atomic mass is 19.1. The van der Waals surface area contributed by atoms with E-state index in [0.29, 0.717) is 17.4 Å². The van der Waals surface area contributed by atoms with Gasteiger partial charge in [0.05, 0.1) is 34.7 Å². The third-order valence-electron chi connectivity index (χ3n) is 5.90. The van der Waals surface area contributed by atoms with Gasteiger partial charge in [0.1, 0.15) is 5.65 Å². The van der Waals surface area contributed by atoms with Crippen LogP contribution in [-0.2, 0) is 0 Å². The third kappa shape index (κ3) is 3.11. The molecule has 0 aliphatic carbocycles. The number of anilines is 1. The second-order valence-electron chi connectivity index (χ2n) is 7.84. The summed E-state index contributed by atoms with van der Waals surface area (Å²) in [6.07, 6.45) is 8.67. The van der Waals surface area contributed by atoms with Gasteiger partial charge >= 0.3 is 0 Å². The molecule has 29 heavy (non-hydrogen) atoms. The Bertz CT molecular complexity index is 1160. The van der Waals surface area contributed by atoms with Crippen molar-refractivity contribution in [3.63, 3.8) is 0 Å². The molecule has 1 aliphatic rings. The van der Waals surface area contributed by atoms with Gasteiger partial charge in [-0.25, -0.2) is 9.37 Å². The second kappa shape index (κ2) is 7.08. The number of hydrogen-bond acceptors (Lipinski definition) is 5. The Hall–Kier alpha value is -3.06. The molecule has 6 nitrogen and oxygen atoms in total. The molecule has 0 saturated carbocycles. The molecule has 0 radical (unpaired) electrons. The van der Waals surface area contributed by atoms with E-state index < -0.39 is 0 Å². The number of nitrogens with one attached hydrogen (secondary N) is 1. The molecule has 0 atom stereocenters. The predicted octanol–water partition coefficient (Wildman–Crippen LogP) is 3.84. The fraction of sp³-hybridized carbons (Fsp3) is 0.318. The van der Waals surface area contributed by atoms with Crippen LogP contribution < -0.4 is 4.90 Å². The zero-order valence-corrected chi connectivity index (χ0v) is 16.6. The molecule has 1 fully saturated rings. The summed E-state index contributed by atoms with van der Waals surface area (Å²) in [5.41, 5.74) is 3.93. The molecule has 4 aromatic rings. The van der Waals surface area contributed by atoms with Crippen LogP contribution in [0.15, 0.2) is 43.0 Å². The Morgan fingerprint density at radius 2 is 1.97 bits per heavy atom. The van der Waals surface area contributed by atoms with Gasteiger partial charge in [-0.2, -0.15) is 0 Å². The highest BCUT2D eigenvalue weighted by molar-refractivity contribution is 6.12. The maximum Gasteiger partial charge on any atom is 0.165 e. The lowest BCUT2D eigenvalue weighted by Crippen LogP contribution is -2.42. The first kappa shape index (κ1) is 18.0. The number of halogens is 1. The predicted molar refractivity (Wildman–Crippen MR) is 114 cm³/mol. The van der Waals surface area contributed by atoms with Crippen molar-refractivity contribution in [1.82, 2.24) is 24.8 Å². The molecule has 0 unspecified atom stereocenters. The van der Waals surface area contributed by atoms with Crippen molar-refractivity contribution in [3.05, 3.63) is 48.8 Å². The molecule has 4 aromatic heterocycles. The van der Waals surface area contributed by atoms with Gasteiger partial charge in [-0.05, 0) is 45.1 Å². The first-order chi connectivity index (χ1) is 14.1. The Morgan fingerprint density at radius 3 is 2.69 bits per heavy atom. The maximum absolute atomic E-state index is 15.0. The van der Waals surface area contributed by atoms with Gasteiger partial charge in [-0.3, -0.25) is 9.97 Å². The van der Waals surface area contributed by atoms with E-state index in [0.717, 1.165) is 53.5 Å². The van der Waals surface area contributed by atoms with E-state index in [-0.39, 0.29) is 5.82 Å². The van der Waals surface area contributed by atoms with Crippen LogP contribution in [0.25, 0.3) is 33.2 Å². The molecule has 1 aliphatic heterocycles. The minimum atomic E-state index is -0.276. The summed E-state index contributed by atoms with van der Waals surface area (Å²) in [6, 6.07) is 6.40. The number of rotatable bonds is 3. The largest absolute Gasteiger partial charge is 0.368 e. The SMILES string of the molecule is CN(C)C1CCN(c2c(F)cnc3[nH]c4cnc(-c5cccnc5)cc4c23)CC1. The molecular weight excluding hydrogens is 367 g/mol. The average molecular weight is 390 g/mol. The van der Waals surface area contributed by atoms with Gasteiger partial charge in [-0.15, -0.1) is 0 Å². The smallest absolute Gasteiger partial charge is 0.165 e. The standard InChI is InChI=1S/C22H23FN6/c1-28(2)15-5-8-29(9-6-15)21-17(23)12-26-22-20(21)16-10-18(25-13-19(16)27-22)14-4-3-7-24-11-14/h3-4,7,10-13,15H,5-6,8-9H2,1-2H3,(H,26,27). The van der Waals surface area contributed by atoms with Crippen molar-refractivity contribution in [1.29, 1.82) is 0 Å². The summed E-state index contributed by atoms with van der Waals surface area (Å²) in [5.74, 6) is -0.276. The molecule has 5 heterocycles. The van der Waals surface area contributed by atoms with E-state index in [1.165, 1.54) is 6.20 Å². The molecule has 0 aromatic carbocycles. The summed E-state index contributed by atoms with van der Waals surface area (Å²) in [6.45, 7) is 1.65. The quantitative estimate of drug-likeness (QED) is 0.576. The minimum Gasteiger partial charge on any atom is -0.368 e. The summed E-state index contributed by atoms with van der Waals surface area (Å²) in [7, 11) is 4.22. The highest BCUT2D eigenvalue weighted by Crippen LogP contribution is 2.37. The molecule has 5 rings (SSSR count). The first-order valence-electron chi connectivity index (χ1n) is 9.89. The fourth-order valence-electron chi connectivity index (χ4n) is 4.30. The van der Waals surface area contributed by atoms with Crippen LogP contribution in [0.3, 0.4) is 0 Å². The number of nitrogens with zero attached hydrogens (tertiary/aromatic N) is 5. The normalized spacial score (nSPS) is 15.7. The number of pyridine rings is 3. The van der Waals surface area contributed by atoms with Crippen LogP contribution in [0.1, 0.15) is 12.8 Å². The van der Waals surface area contributed by atoms with Gasteiger partial charge < -0.3 is 14.8 Å². The van der Waals surface area contributed by atoms with Crippen LogP contribution in [0.2, 0.25) is 0 Å². The average Bonchev–Trinajstić information content (AvgIpc) is 3.12. The van der Waals surface area contributed by atoms with Crippen LogP contribution >= 0.6 is 0 Å². The Balaban J connectivity index is 1.64. The van der Waals surface area contributed by atoms with Crippen molar-refractivity contribution < 1.29 is 4.39 Å². The lowest BCUT2D eigenvalue weighted by molar-refractivity contribution is 0.249. The molecule has 148 valence electrons. The minimum absolute atomic E-state index is 0.276. The summed E-state index contributed by atoms with van der Waals surface area (Å²) in [5, 5.41) is 1.77. The van der Waals surface area contributed by atoms with E-state index >= 15 is 4.39 Å². The molecule has 0 amide bonds. The van der Waals surface area contributed by atoms with Crippen LogP contribution in [0.4, 0.5) is 10.1 Å². The molecule has 0 bridgehead atoms. The molecule has 0 spiro atoms. The van der Waals surface area contributed by atoms with Crippen molar-refractivity contribution >= 4 is 27.6 Å². The zero-order chi connectivity index (χ0) is 20.0. The van der Waals surface area contributed by atoms with Gasteiger partial charge in [0.15, 0.2) is 5.82 Å². The molecule has 1 saturated heterocycles. The van der Waals surface area contributed by atoms with E-state index in [9.17, 15) is 0 Å². The Morgan fingerprint density at radius 1 is 1.14 bits per heavy atom. The van der Waals surface area contributed by atoms with Gasteiger partial charge in [0, 0.05) is 42.5 Å². The lowest BCUT2D eigenvalue weighted by Gasteiger charge is -2.36. The molecule has 7 heteroatoms. The van der Waals surface area contributed by atoms with Crippen molar-refractivity contribution in [2.75, 3.05) is 32.1 Å². The second-order valence-corrected chi connectivity index (χ2v) is 7.84. The van der Waals surface area contributed by atoms with Gasteiger partial charge in [0.25, 0.3) is 0 Å². The number of H-pyrrole nitrogens is 1. The van der Waals surface area contributed by atoms with Crippen molar-refractivity contribution in [2.24, 2.45) is 0 Å². The highest BCUT2D eigenvalue weighted by Gasteiger charge is 2.26. The summed E-state index contributed by atoms with van der Waals surface area (Å²) >= 11 is 0. The molecular formula is C22H23FN6. The van der Waals surface area contributed by atoms with Crippen LogP contribution in [0.5, 0.6) is 0 Å². The lowest BCUT2D eigenvalue weighted by atomic mass is 10.0. The monoisotopic (exact) mass is 390 g/mol. The summed E-state index contributed by atoms with van der Waals surface area (Å²) < 4.78 is 15.0. The first-order valence-corrected chi connectivity index (χ1v) is 9.89. The van der Waals surface area contributed by atoms with Gasteiger partial charge in [-0.1, -0.05) is 0 Å². The van der Waals surface area contributed by atoms with Crippen LogP contribution in [0, 0.1) is 5.82 Å². The zero-order valence-electron chi connectivity index (χ0n) is 16.6. The summed E-state index contributed by atoms with van der Waals surface area (Å²) in [4.78, 5) is 20.8. The number of hydrogen-bond donors (Lipinski definition) is 1. The van der Waals surface area contributed by atoms with E-state index in [2.05, 4.69) is 43.8 Å². The van der Waals surface area contributed by atoms with Gasteiger partial charge in [0.2, 0.25) is 0 Å². The van der Waals surface area contributed by atoms with Crippen LogP contribution in [-0.4, -0.2) is 58.1 Å². The topological polar surface area (TPSA) is 60.9 Å². The van der Waals surface area contributed by atoms with E-state index in [4.69, 9.17) is 0 Å². The Kier molecular flexibility index (Phi) is 4.39. The van der Waals surface area contributed by atoms with E-state index in [1.807, 2.05) is 18.2 Å². The van der Waals surface area contributed by atoms with Crippen molar-refractivity contribution in [3.8, 4) is 11.3 Å². The maximum atomic E-state index is 15.0.